The Morgan fingerprint density at radius 1 is 1.18 bits per heavy atom. The second-order valence-electron chi connectivity index (χ2n) is 1.94. The molecule has 0 amide bonds. The maximum absolute atomic E-state index is 9.19. The van der Waals surface area contributed by atoms with Gasteiger partial charge in [-0.3, -0.25) is 4.55 Å². The van der Waals surface area contributed by atoms with Gasteiger partial charge in [-0.1, -0.05) is 0 Å². The zero-order chi connectivity index (χ0) is 9.33. The van der Waals surface area contributed by atoms with Crippen LogP contribution in [0.1, 0.15) is 0 Å². The predicted octanol–water partition coefficient (Wildman–Crippen LogP) is -1.07. The van der Waals surface area contributed by atoms with Crippen LogP contribution in [0.3, 0.4) is 0 Å². The van der Waals surface area contributed by atoms with E-state index in [1.807, 2.05) is 14.1 Å². The zero-order valence-corrected chi connectivity index (χ0v) is 7.90. The van der Waals surface area contributed by atoms with E-state index in [9.17, 15) is 8.42 Å². The minimum Gasteiger partial charge on any atom is -0.318 e. The molecule has 0 spiro atoms. The molecule has 0 bridgehead atoms. The molecule has 5 nitrogen and oxygen atoms in total. The lowest BCUT2D eigenvalue weighted by Gasteiger charge is -1.92. The third-order valence-electron chi connectivity index (χ3n) is 0.625. The summed E-state index contributed by atoms with van der Waals surface area (Å²) in [6.07, 6.45) is 0.715. The van der Waals surface area contributed by atoms with Crippen molar-refractivity contribution in [2.75, 3.05) is 33.4 Å². The van der Waals surface area contributed by atoms with E-state index in [4.69, 9.17) is 4.55 Å². The Balaban J connectivity index is 0. The van der Waals surface area contributed by atoms with Gasteiger partial charge in [-0.2, -0.15) is 8.42 Å². The van der Waals surface area contributed by atoms with E-state index in [0.29, 0.717) is 6.26 Å². The van der Waals surface area contributed by atoms with Crippen LogP contribution in [0.25, 0.3) is 0 Å². The fraction of sp³-hybridized carbons (Fsp3) is 1.00. The summed E-state index contributed by atoms with van der Waals surface area (Å²) in [5.41, 5.74) is 0. The van der Waals surface area contributed by atoms with Crippen LogP contribution in [0.5, 0.6) is 0 Å². The van der Waals surface area contributed by atoms with Crippen molar-refractivity contribution in [1.82, 2.24) is 10.6 Å². The summed E-state index contributed by atoms with van der Waals surface area (Å²) in [5.74, 6) is 0. The lowest BCUT2D eigenvalue weighted by atomic mass is 10.6. The van der Waals surface area contributed by atoms with Crippen molar-refractivity contribution in [2.45, 2.75) is 0 Å². The normalized spacial score (nSPS) is 10.2. The Bertz CT molecular complexity index is 143. The number of nitrogens with one attached hydrogen (secondary N) is 2. The highest BCUT2D eigenvalue weighted by molar-refractivity contribution is 7.85. The van der Waals surface area contributed by atoms with E-state index in [2.05, 4.69) is 10.6 Å². The fourth-order valence-electron chi connectivity index (χ4n) is 0.250. The molecule has 70 valence electrons. The maximum Gasteiger partial charge on any atom is 0.261 e. The summed E-state index contributed by atoms with van der Waals surface area (Å²) in [4.78, 5) is 0. The van der Waals surface area contributed by atoms with Gasteiger partial charge in [0.1, 0.15) is 0 Å². The van der Waals surface area contributed by atoms with E-state index < -0.39 is 10.1 Å². The van der Waals surface area contributed by atoms with Crippen LogP contribution < -0.4 is 10.6 Å². The lowest BCUT2D eigenvalue weighted by Crippen LogP contribution is -2.21. The third-order valence-corrected chi connectivity index (χ3v) is 0.625. The first-order chi connectivity index (χ1) is 4.91. The zero-order valence-electron chi connectivity index (χ0n) is 7.09. The summed E-state index contributed by atoms with van der Waals surface area (Å²) < 4.78 is 25.9. The molecule has 0 unspecified atom stereocenters. The Labute approximate surface area is 67.9 Å². The van der Waals surface area contributed by atoms with Crippen molar-refractivity contribution < 1.29 is 13.0 Å². The van der Waals surface area contributed by atoms with Crippen molar-refractivity contribution in [3.63, 3.8) is 0 Å². The van der Waals surface area contributed by atoms with Gasteiger partial charge in [0.2, 0.25) is 0 Å². The first-order valence-corrected chi connectivity index (χ1v) is 4.98. The van der Waals surface area contributed by atoms with Crippen LogP contribution in [-0.4, -0.2) is 46.4 Å². The second-order valence-corrected chi connectivity index (χ2v) is 3.41. The molecular formula is C5H16N2O3S. The Morgan fingerprint density at radius 2 is 1.36 bits per heavy atom. The molecular weight excluding hydrogens is 168 g/mol. The molecule has 0 aromatic heterocycles. The second kappa shape index (κ2) is 7.93. The third kappa shape index (κ3) is 75.2. The number of rotatable bonds is 3. The van der Waals surface area contributed by atoms with E-state index in [0.717, 1.165) is 13.1 Å². The Morgan fingerprint density at radius 3 is 1.45 bits per heavy atom. The first kappa shape index (κ1) is 13.4. The number of likely N-dealkylation sites (N-methyl/N-ethyl adjacent to an activating group) is 2. The molecule has 6 heteroatoms. The highest BCUT2D eigenvalue weighted by Crippen LogP contribution is 1.60. The van der Waals surface area contributed by atoms with Gasteiger partial charge in [-0.15, -0.1) is 0 Å². The van der Waals surface area contributed by atoms with Gasteiger partial charge in [0, 0.05) is 13.1 Å². The van der Waals surface area contributed by atoms with Crippen LogP contribution in [0.4, 0.5) is 0 Å². The first-order valence-electron chi connectivity index (χ1n) is 3.13. The van der Waals surface area contributed by atoms with Gasteiger partial charge >= 0.3 is 0 Å². The summed E-state index contributed by atoms with van der Waals surface area (Å²) in [6, 6.07) is 0. The van der Waals surface area contributed by atoms with Crippen molar-refractivity contribution in [3.8, 4) is 0 Å². The molecule has 0 aromatic rings. The molecule has 0 fully saturated rings. The van der Waals surface area contributed by atoms with E-state index in [-0.39, 0.29) is 0 Å². The molecule has 0 aromatic carbocycles. The predicted molar refractivity (Wildman–Crippen MR) is 45.3 cm³/mol. The highest BCUT2D eigenvalue weighted by atomic mass is 32.2. The fourth-order valence-corrected chi connectivity index (χ4v) is 0.250. The highest BCUT2D eigenvalue weighted by Gasteiger charge is 1.81. The van der Waals surface area contributed by atoms with E-state index in [1.165, 1.54) is 0 Å². The van der Waals surface area contributed by atoms with E-state index in [1.54, 1.807) is 0 Å². The standard InChI is InChI=1S/C4H12N2.CH4O3S/c1-5-3-4-6-2;1-5(2,3)4/h5-6H,3-4H2,1-2H3;1H3,(H,2,3,4). The molecule has 0 atom stereocenters. The van der Waals surface area contributed by atoms with Crippen LogP contribution in [0, 0.1) is 0 Å². The van der Waals surface area contributed by atoms with Gasteiger partial charge in [0.25, 0.3) is 10.1 Å². The summed E-state index contributed by atoms with van der Waals surface area (Å²) in [6.45, 7) is 2.10. The van der Waals surface area contributed by atoms with Crippen LogP contribution in [0.2, 0.25) is 0 Å². The summed E-state index contributed by atoms with van der Waals surface area (Å²) >= 11 is 0. The molecule has 0 aliphatic carbocycles. The SMILES string of the molecule is CNCCNC.CS(=O)(=O)O. The van der Waals surface area contributed by atoms with Crippen molar-refractivity contribution in [2.24, 2.45) is 0 Å². The topological polar surface area (TPSA) is 78.4 Å². The molecule has 0 saturated carbocycles. The molecule has 3 N–H and O–H groups in total. The van der Waals surface area contributed by atoms with Gasteiger partial charge in [0.05, 0.1) is 6.26 Å². The van der Waals surface area contributed by atoms with Crippen LogP contribution >= 0.6 is 0 Å². The minimum atomic E-state index is -3.67. The Hall–Kier alpha value is -0.170. The quantitative estimate of drug-likeness (QED) is 0.384. The number of hydrogen-bond donors (Lipinski definition) is 3. The molecule has 0 aliphatic heterocycles. The molecule has 11 heavy (non-hydrogen) atoms. The Kier molecular flexibility index (Phi) is 9.68. The van der Waals surface area contributed by atoms with Gasteiger partial charge in [-0.05, 0) is 14.1 Å². The largest absolute Gasteiger partial charge is 0.318 e. The van der Waals surface area contributed by atoms with Crippen LogP contribution in [0.15, 0.2) is 0 Å². The monoisotopic (exact) mass is 184 g/mol. The summed E-state index contributed by atoms with van der Waals surface area (Å²) in [5, 5.41) is 6.01. The maximum atomic E-state index is 9.19. The minimum absolute atomic E-state index is 0.715. The molecule has 0 aliphatic rings. The number of hydrogen-bond acceptors (Lipinski definition) is 4. The van der Waals surface area contributed by atoms with Crippen LogP contribution in [-0.2, 0) is 10.1 Å². The molecule has 0 rings (SSSR count). The van der Waals surface area contributed by atoms with Crippen molar-refractivity contribution in [1.29, 1.82) is 0 Å². The summed E-state index contributed by atoms with van der Waals surface area (Å²) in [7, 11) is 0.217. The lowest BCUT2D eigenvalue weighted by molar-refractivity contribution is 0.490. The smallest absolute Gasteiger partial charge is 0.261 e. The molecule has 0 radical (unpaired) electrons. The molecule has 0 saturated heterocycles. The van der Waals surface area contributed by atoms with E-state index >= 15 is 0 Å². The van der Waals surface area contributed by atoms with Gasteiger partial charge in [-0.25, -0.2) is 0 Å². The van der Waals surface area contributed by atoms with Gasteiger partial charge in [0.15, 0.2) is 0 Å². The average Bonchev–Trinajstić information content (AvgIpc) is 1.79. The van der Waals surface area contributed by atoms with Gasteiger partial charge < -0.3 is 10.6 Å². The van der Waals surface area contributed by atoms with Crippen molar-refractivity contribution in [3.05, 3.63) is 0 Å². The van der Waals surface area contributed by atoms with Crippen molar-refractivity contribution >= 4 is 10.1 Å². The average molecular weight is 184 g/mol. The molecule has 0 heterocycles.